The number of ketones is 1. The minimum Gasteiger partial charge on any atom is -0.365 e. The molecule has 0 bridgehead atoms. The quantitative estimate of drug-likeness (QED) is 0.814. The number of nitrogens with zero attached hydrogens (tertiary/aromatic N) is 2. The standard InChI is InChI=1S/C16H17ClN2O2/c1-10(2)19-14(13(17)9-18-19)15(20)16-12-6-4-3-5-11(12)7-8-21-16/h3-6,9-10,16H,7-8H2,1-2H3. The maximum atomic E-state index is 12.9. The first-order valence-electron chi connectivity index (χ1n) is 7.06. The highest BCUT2D eigenvalue weighted by Crippen LogP contribution is 2.32. The van der Waals surface area contributed by atoms with Gasteiger partial charge in [0.25, 0.3) is 0 Å². The Hall–Kier alpha value is -1.65. The van der Waals surface area contributed by atoms with E-state index >= 15 is 0 Å². The third-order valence-electron chi connectivity index (χ3n) is 3.70. The molecule has 1 aliphatic rings. The van der Waals surface area contributed by atoms with Crippen molar-refractivity contribution >= 4 is 17.4 Å². The van der Waals surface area contributed by atoms with Crippen molar-refractivity contribution in [2.45, 2.75) is 32.4 Å². The first-order chi connectivity index (χ1) is 10.1. The number of aromatic nitrogens is 2. The molecule has 1 aromatic heterocycles. The van der Waals surface area contributed by atoms with E-state index in [9.17, 15) is 4.79 Å². The number of hydrogen-bond donors (Lipinski definition) is 0. The van der Waals surface area contributed by atoms with E-state index in [1.54, 1.807) is 4.68 Å². The summed E-state index contributed by atoms with van der Waals surface area (Å²) >= 11 is 6.17. The molecule has 3 rings (SSSR count). The minimum absolute atomic E-state index is 0.0651. The van der Waals surface area contributed by atoms with Gasteiger partial charge < -0.3 is 4.74 Å². The van der Waals surface area contributed by atoms with E-state index in [0.29, 0.717) is 17.3 Å². The van der Waals surface area contributed by atoms with E-state index in [1.165, 1.54) is 6.20 Å². The topological polar surface area (TPSA) is 44.1 Å². The monoisotopic (exact) mass is 304 g/mol. The number of carbonyl (C=O) groups is 1. The van der Waals surface area contributed by atoms with Gasteiger partial charge in [0.15, 0.2) is 0 Å². The lowest BCUT2D eigenvalue weighted by atomic mass is 9.94. The Morgan fingerprint density at radius 3 is 2.95 bits per heavy atom. The normalized spacial score (nSPS) is 17.8. The van der Waals surface area contributed by atoms with Gasteiger partial charge >= 0.3 is 0 Å². The van der Waals surface area contributed by atoms with Crippen LogP contribution in [0.4, 0.5) is 0 Å². The number of fused-ring (bicyclic) bond motifs is 1. The Labute approximate surface area is 128 Å². The van der Waals surface area contributed by atoms with E-state index in [0.717, 1.165) is 17.5 Å². The van der Waals surface area contributed by atoms with Crippen molar-refractivity contribution in [3.8, 4) is 0 Å². The van der Waals surface area contributed by atoms with Crippen molar-refractivity contribution in [3.05, 3.63) is 52.3 Å². The molecule has 2 heterocycles. The fourth-order valence-electron chi connectivity index (χ4n) is 2.70. The van der Waals surface area contributed by atoms with E-state index < -0.39 is 6.10 Å². The summed E-state index contributed by atoms with van der Waals surface area (Å²) in [6.45, 7) is 4.48. The Morgan fingerprint density at radius 1 is 1.43 bits per heavy atom. The highest BCUT2D eigenvalue weighted by Gasteiger charge is 2.32. The summed E-state index contributed by atoms with van der Waals surface area (Å²) in [4.78, 5) is 12.9. The average Bonchev–Trinajstić information content (AvgIpc) is 2.88. The molecule has 5 heteroatoms. The second-order valence-corrected chi connectivity index (χ2v) is 5.85. The number of carbonyl (C=O) groups excluding carboxylic acids is 1. The third kappa shape index (κ3) is 2.49. The SMILES string of the molecule is CC(C)n1ncc(Cl)c1C(=O)C1OCCc2ccccc21. The Kier molecular flexibility index (Phi) is 3.83. The lowest BCUT2D eigenvalue weighted by Crippen LogP contribution is -2.26. The van der Waals surface area contributed by atoms with Crippen LogP contribution >= 0.6 is 11.6 Å². The van der Waals surface area contributed by atoms with Crippen molar-refractivity contribution in [3.63, 3.8) is 0 Å². The molecule has 4 nitrogen and oxygen atoms in total. The molecular formula is C16H17ClN2O2. The summed E-state index contributed by atoms with van der Waals surface area (Å²) in [6.07, 6.45) is 1.75. The predicted octanol–water partition coefficient (Wildman–Crippen LogP) is 3.61. The van der Waals surface area contributed by atoms with E-state index in [-0.39, 0.29) is 11.8 Å². The Balaban J connectivity index is 2.03. The lowest BCUT2D eigenvalue weighted by molar-refractivity contribution is 0.0339. The van der Waals surface area contributed by atoms with Crippen LogP contribution in [0.2, 0.25) is 5.02 Å². The molecule has 0 aliphatic carbocycles. The molecule has 1 atom stereocenters. The smallest absolute Gasteiger partial charge is 0.215 e. The molecular weight excluding hydrogens is 288 g/mol. The maximum Gasteiger partial charge on any atom is 0.215 e. The summed E-state index contributed by atoms with van der Waals surface area (Å²) in [6, 6.07) is 7.96. The zero-order valence-electron chi connectivity index (χ0n) is 12.0. The molecule has 110 valence electrons. The highest BCUT2D eigenvalue weighted by atomic mass is 35.5. The van der Waals surface area contributed by atoms with E-state index in [2.05, 4.69) is 5.10 Å². The zero-order valence-corrected chi connectivity index (χ0v) is 12.8. The van der Waals surface area contributed by atoms with Crippen molar-refractivity contribution in [2.24, 2.45) is 0 Å². The summed E-state index contributed by atoms with van der Waals surface area (Å²) in [5.41, 5.74) is 2.52. The zero-order chi connectivity index (χ0) is 15.0. The van der Waals surface area contributed by atoms with Gasteiger partial charge in [-0.15, -0.1) is 0 Å². The van der Waals surface area contributed by atoms with Crippen LogP contribution in [-0.4, -0.2) is 22.2 Å². The molecule has 1 unspecified atom stereocenters. The average molecular weight is 305 g/mol. The number of ether oxygens (including phenoxy) is 1. The molecule has 0 spiro atoms. The molecule has 2 aromatic rings. The van der Waals surface area contributed by atoms with Gasteiger partial charge in [0.05, 0.1) is 17.8 Å². The van der Waals surface area contributed by atoms with Crippen molar-refractivity contribution in [1.82, 2.24) is 9.78 Å². The minimum atomic E-state index is -0.596. The van der Waals surface area contributed by atoms with Gasteiger partial charge in [-0.3, -0.25) is 9.48 Å². The molecule has 0 saturated heterocycles. The number of benzene rings is 1. The summed E-state index contributed by atoms with van der Waals surface area (Å²) in [7, 11) is 0. The van der Waals surface area contributed by atoms with Gasteiger partial charge in [0.1, 0.15) is 11.8 Å². The van der Waals surface area contributed by atoms with Crippen LogP contribution in [0.3, 0.4) is 0 Å². The summed E-state index contributed by atoms with van der Waals surface area (Å²) < 4.78 is 7.39. The molecule has 0 radical (unpaired) electrons. The van der Waals surface area contributed by atoms with Crippen LogP contribution in [0.15, 0.2) is 30.5 Å². The Bertz CT molecular complexity index is 679. The van der Waals surface area contributed by atoms with Gasteiger partial charge in [0, 0.05) is 6.04 Å². The van der Waals surface area contributed by atoms with Gasteiger partial charge in [0.2, 0.25) is 5.78 Å². The van der Waals surface area contributed by atoms with Crippen LogP contribution < -0.4 is 0 Å². The van der Waals surface area contributed by atoms with E-state index in [4.69, 9.17) is 16.3 Å². The molecule has 0 saturated carbocycles. The van der Waals surface area contributed by atoms with Gasteiger partial charge in [-0.05, 0) is 31.4 Å². The second-order valence-electron chi connectivity index (χ2n) is 5.44. The molecule has 21 heavy (non-hydrogen) atoms. The van der Waals surface area contributed by atoms with Crippen LogP contribution in [0.5, 0.6) is 0 Å². The molecule has 0 amide bonds. The van der Waals surface area contributed by atoms with Crippen LogP contribution in [0, 0.1) is 0 Å². The van der Waals surface area contributed by atoms with Crippen molar-refractivity contribution in [2.75, 3.05) is 6.61 Å². The molecule has 0 fully saturated rings. The number of rotatable bonds is 3. The third-order valence-corrected chi connectivity index (χ3v) is 3.98. The molecule has 0 N–H and O–H groups in total. The number of hydrogen-bond acceptors (Lipinski definition) is 3. The van der Waals surface area contributed by atoms with Crippen molar-refractivity contribution < 1.29 is 9.53 Å². The lowest BCUT2D eigenvalue weighted by Gasteiger charge is -2.25. The molecule has 1 aromatic carbocycles. The summed E-state index contributed by atoms with van der Waals surface area (Å²) in [5.74, 6) is -0.127. The van der Waals surface area contributed by atoms with Gasteiger partial charge in [-0.1, -0.05) is 35.9 Å². The number of halogens is 1. The summed E-state index contributed by atoms with van der Waals surface area (Å²) in [5, 5.41) is 4.57. The fraction of sp³-hybridized carbons (Fsp3) is 0.375. The van der Waals surface area contributed by atoms with E-state index in [1.807, 2.05) is 38.1 Å². The first-order valence-corrected chi connectivity index (χ1v) is 7.44. The van der Waals surface area contributed by atoms with Gasteiger partial charge in [-0.2, -0.15) is 5.10 Å². The maximum absolute atomic E-state index is 12.9. The largest absolute Gasteiger partial charge is 0.365 e. The predicted molar refractivity (Wildman–Crippen MR) is 80.8 cm³/mol. The second kappa shape index (κ2) is 5.62. The highest BCUT2D eigenvalue weighted by molar-refractivity contribution is 6.33. The van der Waals surface area contributed by atoms with Crippen molar-refractivity contribution in [1.29, 1.82) is 0 Å². The van der Waals surface area contributed by atoms with Crippen LogP contribution in [0.25, 0.3) is 0 Å². The molecule has 1 aliphatic heterocycles. The van der Waals surface area contributed by atoms with Crippen LogP contribution in [0.1, 0.15) is 47.6 Å². The first kappa shape index (κ1) is 14.3. The van der Waals surface area contributed by atoms with Crippen LogP contribution in [-0.2, 0) is 11.2 Å². The van der Waals surface area contributed by atoms with Gasteiger partial charge in [-0.25, -0.2) is 0 Å². The fourth-order valence-corrected chi connectivity index (χ4v) is 2.92. The Morgan fingerprint density at radius 2 is 2.19 bits per heavy atom. The number of Topliss-reactive ketones (excluding diaryl/α,β-unsaturated/α-hetero) is 1.